The molecular weight excluding hydrogens is 329 g/mol. The monoisotopic (exact) mass is 341 g/mol. The van der Waals surface area contributed by atoms with Gasteiger partial charge in [-0.3, -0.25) is 4.79 Å². The van der Waals surface area contributed by atoms with Crippen molar-refractivity contribution in [2.45, 2.75) is 11.3 Å². The molecular formula is C15H13ClFNO3S. The van der Waals surface area contributed by atoms with E-state index in [2.05, 4.69) is 5.32 Å². The first-order valence-electron chi connectivity index (χ1n) is 6.41. The minimum atomic E-state index is -3.55. The average molecular weight is 342 g/mol. The molecule has 0 aliphatic heterocycles. The van der Waals surface area contributed by atoms with Crippen molar-refractivity contribution in [3.8, 4) is 0 Å². The maximum absolute atomic E-state index is 13.5. The molecule has 0 radical (unpaired) electrons. The molecule has 22 heavy (non-hydrogen) atoms. The fourth-order valence-corrected chi connectivity index (χ4v) is 3.21. The SMILES string of the molecule is O=C(CCS(=O)(=O)c1ccccc1)Nc1cc(Cl)ccc1F. The number of nitrogens with one attached hydrogen (secondary N) is 1. The van der Waals surface area contributed by atoms with Crippen molar-refractivity contribution in [3.63, 3.8) is 0 Å². The fourth-order valence-electron chi connectivity index (χ4n) is 1.78. The summed E-state index contributed by atoms with van der Waals surface area (Å²) in [6, 6.07) is 11.6. The smallest absolute Gasteiger partial charge is 0.225 e. The van der Waals surface area contributed by atoms with Crippen LogP contribution in [0.15, 0.2) is 53.4 Å². The number of carbonyl (C=O) groups excluding carboxylic acids is 1. The zero-order valence-electron chi connectivity index (χ0n) is 11.4. The van der Waals surface area contributed by atoms with Gasteiger partial charge in [0.25, 0.3) is 0 Å². The Hall–Kier alpha value is -1.92. The number of carbonyl (C=O) groups is 1. The third-order valence-corrected chi connectivity index (χ3v) is 4.87. The van der Waals surface area contributed by atoms with Crippen LogP contribution in [0.1, 0.15) is 6.42 Å². The molecule has 0 atom stereocenters. The Balaban J connectivity index is 2.00. The molecule has 0 heterocycles. The van der Waals surface area contributed by atoms with Crippen molar-refractivity contribution >= 4 is 33.0 Å². The van der Waals surface area contributed by atoms with E-state index in [0.29, 0.717) is 0 Å². The van der Waals surface area contributed by atoms with Gasteiger partial charge >= 0.3 is 0 Å². The third-order valence-electron chi connectivity index (χ3n) is 2.90. The highest BCUT2D eigenvalue weighted by Crippen LogP contribution is 2.20. The molecule has 0 aliphatic rings. The van der Waals surface area contributed by atoms with Crippen molar-refractivity contribution in [1.29, 1.82) is 0 Å². The largest absolute Gasteiger partial charge is 0.324 e. The normalized spacial score (nSPS) is 11.2. The summed E-state index contributed by atoms with van der Waals surface area (Å²) >= 11 is 5.72. The van der Waals surface area contributed by atoms with Crippen molar-refractivity contribution in [2.75, 3.05) is 11.1 Å². The lowest BCUT2D eigenvalue weighted by Gasteiger charge is -2.07. The van der Waals surface area contributed by atoms with Crippen molar-refractivity contribution in [3.05, 3.63) is 59.4 Å². The number of amides is 1. The Bertz CT molecular complexity index is 779. The summed E-state index contributed by atoms with van der Waals surface area (Å²) in [4.78, 5) is 11.9. The molecule has 1 N–H and O–H groups in total. The van der Waals surface area contributed by atoms with Gasteiger partial charge in [0.1, 0.15) is 5.82 Å². The summed E-state index contributed by atoms with van der Waals surface area (Å²) in [5.41, 5.74) is -0.0744. The van der Waals surface area contributed by atoms with Gasteiger partial charge in [-0.25, -0.2) is 12.8 Å². The molecule has 2 rings (SSSR count). The van der Waals surface area contributed by atoms with Crippen LogP contribution >= 0.6 is 11.6 Å². The first kappa shape index (κ1) is 16.5. The first-order valence-corrected chi connectivity index (χ1v) is 8.44. The van der Waals surface area contributed by atoms with Crippen LogP contribution in [0.3, 0.4) is 0 Å². The van der Waals surface area contributed by atoms with E-state index >= 15 is 0 Å². The van der Waals surface area contributed by atoms with E-state index in [-0.39, 0.29) is 27.8 Å². The molecule has 0 saturated carbocycles. The molecule has 0 spiro atoms. The Morgan fingerprint density at radius 3 is 2.50 bits per heavy atom. The van der Waals surface area contributed by atoms with Gasteiger partial charge in [0.05, 0.1) is 16.3 Å². The molecule has 2 aromatic carbocycles. The topological polar surface area (TPSA) is 63.2 Å². The van der Waals surface area contributed by atoms with Crippen LogP contribution in [0.4, 0.5) is 10.1 Å². The van der Waals surface area contributed by atoms with Gasteiger partial charge in [-0.05, 0) is 30.3 Å². The predicted molar refractivity (Wildman–Crippen MR) is 83.2 cm³/mol. The van der Waals surface area contributed by atoms with Gasteiger partial charge in [-0.15, -0.1) is 0 Å². The molecule has 0 bridgehead atoms. The summed E-state index contributed by atoms with van der Waals surface area (Å²) in [5.74, 6) is -1.59. The van der Waals surface area contributed by atoms with E-state index in [0.717, 1.165) is 6.07 Å². The lowest BCUT2D eigenvalue weighted by atomic mass is 10.3. The maximum atomic E-state index is 13.5. The first-order chi connectivity index (χ1) is 10.4. The van der Waals surface area contributed by atoms with Gasteiger partial charge in [0.2, 0.25) is 5.91 Å². The number of anilines is 1. The van der Waals surface area contributed by atoms with E-state index in [1.165, 1.54) is 24.3 Å². The van der Waals surface area contributed by atoms with Gasteiger partial charge in [0, 0.05) is 11.4 Å². The van der Waals surface area contributed by atoms with Crippen LogP contribution in [0, 0.1) is 5.82 Å². The van der Waals surface area contributed by atoms with Crippen LogP contribution in [0.2, 0.25) is 5.02 Å². The number of halogens is 2. The van der Waals surface area contributed by atoms with E-state index in [4.69, 9.17) is 11.6 Å². The van der Waals surface area contributed by atoms with E-state index in [9.17, 15) is 17.6 Å². The molecule has 0 aliphatic carbocycles. The zero-order valence-corrected chi connectivity index (χ0v) is 13.0. The maximum Gasteiger partial charge on any atom is 0.225 e. The highest BCUT2D eigenvalue weighted by molar-refractivity contribution is 7.91. The number of rotatable bonds is 5. The Kier molecular flexibility index (Phi) is 5.15. The zero-order chi connectivity index (χ0) is 16.2. The summed E-state index contributed by atoms with van der Waals surface area (Å²) in [5, 5.41) is 2.58. The number of sulfone groups is 1. The number of hydrogen-bond acceptors (Lipinski definition) is 3. The van der Waals surface area contributed by atoms with Crippen LogP contribution in [-0.4, -0.2) is 20.1 Å². The van der Waals surface area contributed by atoms with E-state index < -0.39 is 21.6 Å². The van der Waals surface area contributed by atoms with Crippen LogP contribution < -0.4 is 5.32 Å². The van der Waals surface area contributed by atoms with E-state index in [1.54, 1.807) is 18.2 Å². The standard InChI is InChI=1S/C15H13ClFNO3S/c16-11-6-7-13(17)14(10-11)18-15(19)8-9-22(20,21)12-4-2-1-3-5-12/h1-7,10H,8-9H2,(H,18,19). The van der Waals surface area contributed by atoms with E-state index in [1.807, 2.05) is 0 Å². The van der Waals surface area contributed by atoms with Crippen LogP contribution in [0.25, 0.3) is 0 Å². The summed E-state index contributed by atoms with van der Waals surface area (Å²) < 4.78 is 37.5. The Morgan fingerprint density at radius 1 is 1.14 bits per heavy atom. The third kappa shape index (κ3) is 4.29. The quantitative estimate of drug-likeness (QED) is 0.907. The van der Waals surface area contributed by atoms with Crippen LogP contribution in [-0.2, 0) is 14.6 Å². The Morgan fingerprint density at radius 2 is 1.82 bits per heavy atom. The van der Waals surface area contributed by atoms with Crippen molar-refractivity contribution in [2.24, 2.45) is 0 Å². The lowest BCUT2D eigenvalue weighted by Crippen LogP contribution is -2.18. The number of benzene rings is 2. The molecule has 1 amide bonds. The Labute approximate surface area is 132 Å². The van der Waals surface area contributed by atoms with Crippen LogP contribution in [0.5, 0.6) is 0 Å². The average Bonchev–Trinajstić information content (AvgIpc) is 2.50. The summed E-state index contributed by atoms with van der Waals surface area (Å²) in [7, 11) is -3.55. The molecule has 0 unspecified atom stereocenters. The molecule has 0 fully saturated rings. The van der Waals surface area contributed by atoms with Crippen molar-refractivity contribution < 1.29 is 17.6 Å². The van der Waals surface area contributed by atoms with Gasteiger partial charge in [-0.1, -0.05) is 29.8 Å². The van der Waals surface area contributed by atoms with Gasteiger partial charge in [0.15, 0.2) is 9.84 Å². The fraction of sp³-hybridized carbons (Fsp3) is 0.133. The minimum absolute atomic E-state index is 0.0744. The lowest BCUT2D eigenvalue weighted by molar-refractivity contribution is -0.115. The second-order valence-electron chi connectivity index (χ2n) is 4.55. The number of hydrogen-bond donors (Lipinski definition) is 1. The molecule has 0 aromatic heterocycles. The summed E-state index contributed by atoms with van der Waals surface area (Å²) in [6.45, 7) is 0. The highest BCUT2D eigenvalue weighted by atomic mass is 35.5. The summed E-state index contributed by atoms with van der Waals surface area (Å²) in [6.07, 6.45) is -0.275. The predicted octanol–water partition coefficient (Wildman–Crippen LogP) is 3.28. The minimum Gasteiger partial charge on any atom is -0.324 e. The second kappa shape index (κ2) is 6.89. The molecule has 2 aromatic rings. The van der Waals surface area contributed by atoms with Gasteiger partial charge < -0.3 is 5.32 Å². The van der Waals surface area contributed by atoms with Crippen molar-refractivity contribution in [1.82, 2.24) is 0 Å². The molecule has 0 saturated heterocycles. The molecule has 116 valence electrons. The van der Waals surface area contributed by atoms with Gasteiger partial charge in [-0.2, -0.15) is 0 Å². The second-order valence-corrected chi connectivity index (χ2v) is 7.10. The molecule has 7 heteroatoms. The highest BCUT2D eigenvalue weighted by Gasteiger charge is 2.16. The molecule has 4 nitrogen and oxygen atoms in total.